The molecule has 0 saturated carbocycles. The molecule has 1 amide bonds. The average molecular weight is 477 g/mol. The highest BCUT2D eigenvalue weighted by Gasteiger charge is 2.36. The molecule has 1 aromatic heterocycles. The smallest absolute Gasteiger partial charge is 0.323 e. The number of rotatable bonds is 10. The first-order valence-electron chi connectivity index (χ1n) is 10.6. The molecule has 1 saturated heterocycles. The number of ether oxygens (including phenoxy) is 1. The van der Waals surface area contributed by atoms with Gasteiger partial charge >= 0.3 is 11.9 Å². The third-order valence-corrected chi connectivity index (χ3v) is 7.65. The minimum absolute atomic E-state index is 0.00420. The Bertz CT molecular complexity index is 891. The van der Waals surface area contributed by atoms with E-state index in [0.717, 1.165) is 10.4 Å². The number of aryl methyl sites for hydroxylation is 1. The normalized spacial score (nSPS) is 19.9. The lowest BCUT2D eigenvalue weighted by molar-refractivity contribution is -0.148. The maximum Gasteiger partial charge on any atom is 0.323 e. The summed E-state index contributed by atoms with van der Waals surface area (Å²) in [4.78, 5) is 39.7. The Balaban J connectivity index is 1.75. The number of carboxylic acids is 1. The van der Waals surface area contributed by atoms with Crippen LogP contribution in [-0.2, 0) is 25.5 Å². The molecule has 1 aliphatic rings. The quantitative estimate of drug-likeness (QED) is 0.509. The first-order valence-corrected chi connectivity index (χ1v) is 12.5. The molecule has 3 rings (SSSR count). The number of benzene rings is 1. The molecule has 0 bridgehead atoms. The Morgan fingerprint density at radius 1 is 1.25 bits per heavy atom. The minimum atomic E-state index is -1.06. The Labute approximate surface area is 196 Å². The molecule has 1 aromatic carbocycles. The third kappa shape index (κ3) is 6.82. The molecule has 0 unspecified atom stereocenters. The summed E-state index contributed by atoms with van der Waals surface area (Å²) in [6.07, 6.45) is 1.13. The predicted molar refractivity (Wildman–Crippen MR) is 126 cm³/mol. The van der Waals surface area contributed by atoms with E-state index in [-0.39, 0.29) is 24.3 Å². The van der Waals surface area contributed by atoms with Crippen LogP contribution in [0.15, 0.2) is 47.8 Å². The maximum atomic E-state index is 13.2. The van der Waals surface area contributed by atoms with Crippen molar-refractivity contribution < 1.29 is 24.2 Å². The van der Waals surface area contributed by atoms with Gasteiger partial charge in [-0.2, -0.15) is 0 Å². The number of thioether (sulfide) groups is 1. The van der Waals surface area contributed by atoms with Crippen LogP contribution in [0, 0.1) is 0 Å². The highest BCUT2D eigenvalue weighted by molar-refractivity contribution is 7.99. The molecule has 172 valence electrons. The summed E-state index contributed by atoms with van der Waals surface area (Å²) in [7, 11) is 0. The Morgan fingerprint density at radius 3 is 2.69 bits per heavy atom. The van der Waals surface area contributed by atoms with Crippen LogP contribution in [0.3, 0.4) is 0 Å². The van der Waals surface area contributed by atoms with Crippen LogP contribution < -0.4 is 5.32 Å². The number of nitrogens with zero attached hydrogens (tertiary/aromatic N) is 1. The zero-order chi connectivity index (χ0) is 22.9. The van der Waals surface area contributed by atoms with E-state index in [0.29, 0.717) is 25.1 Å². The van der Waals surface area contributed by atoms with Crippen LogP contribution in [-0.4, -0.2) is 65.4 Å². The fourth-order valence-corrected chi connectivity index (χ4v) is 5.89. The highest BCUT2D eigenvalue weighted by Crippen LogP contribution is 2.35. The average Bonchev–Trinajstić information content (AvgIpc) is 3.27. The summed E-state index contributed by atoms with van der Waals surface area (Å²) >= 11 is 3.20. The largest absolute Gasteiger partial charge is 0.480 e. The van der Waals surface area contributed by atoms with Gasteiger partial charge in [0.15, 0.2) is 0 Å². The van der Waals surface area contributed by atoms with E-state index in [1.54, 1.807) is 30.0 Å². The molecule has 9 heteroatoms. The van der Waals surface area contributed by atoms with E-state index in [1.807, 2.05) is 47.8 Å². The first-order chi connectivity index (χ1) is 15.5. The van der Waals surface area contributed by atoms with Gasteiger partial charge in [-0.25, -0.2) is 0 Å². The van der Waals surface area contributed by atoms with Crippen LogP contribution in [0.4, 0.5) is 0 Å². The number of hydrogen-bond donors (Lipinski definition) is 2. The number of nitrogens with one attached hydrogen (secondary N) is 1. The highest BCUT2D eigenvalue weighted by atomic mass is 32.2. The van der Waals surface area contributed by atoms with E-state index in [4.69, 9.17) is 4.74 Å². The second kappa shape index (κ2) is 12.0. The fourth-order valence-electron chi connectivity index (χ4n) is 3.63. The monoisotopic (exact) mass is 476 g/mol. The first kappa shape index (κ1) is 24.3. The van der Waals surface area contributed by atoms with Gasteiger partial charge in [-0.05, 0) is 36.8 Å². The molecule has 2 aromatic rings. The number of aliphatic carboxylic acids is 1. The minimum Gasteiger partial charge on any atom is -0.480 e. The van der Waals surface area contributed by atoms with Gasteiger partial charge in [-0.15, -0.1) is 23.1 Å². The fraction of sp³-hybridized carbons (Fsp3) is 0.435. The van der Waals surface area contributed by atoms with Gasteiger partial charge in [0.1, 0.15) is 12.6 Å². The van der Waals surface area contributed by atoms with E-state index in [2.05, 4.69) is 5.32 Å². The summed E-state index contributed by atoms with van der Waals surface area (Å²) < 4.78 is 5.25. The molecule has 0 spiro atoms. The Morgan fingerprint density at radius 2 is 2.03 bits per heavy atom. The lowest BCUT2D eigenvalue weighted by Crippen LogP contribution is -2.53. The molecular formula is C23H28N2O5S2. The van der Waals surface area contributed by atoms with Gasteiger partial charge in [-0.3, -0.25) is 19.7 Å². The van der Waals surface area contributed by atoms with Gasteiger partial charge in [0, 0.05) is 17.2 Å². The van der Waals surface area contributed by atoms with Gasteiger partial charge < -0.3 is 14.7 Å². The van der Waals surface area contributed by atoms with E-state index < -0.39 is 24.0 Å². The number of carbonyl (C=O) groups excluding carboxylic acids is 2. The van der Waals surface area contributed by atoms with Crippen molar-refractivity contribution >= 4 is 40.9 Å². The van der Waals surface area contributed by atoms with Crippen molar-refractivity contribution in [1.29, 1.82) is 0 Å². The number of thiophene rings is 1. The van der Waals surface area contributed by atoms with Crippen LogP contribution in [0.5, 0.6) is 0 Å². The second-order valence-electron chi connectivity index (χ2n) is 7.50. The standard InChI is InChI=1S/C23H28N2O5S2/c1-2-30-23(29)17(11-10-16-7-4-3-5-8-16)24-18-15-32-20(19-9-6-12-31-19)13-25(22(18)28)14-21(26)27/h3-9,12,17-18,20,24H,2,10-11,13-15H2,1H3,(H,26,27)/t17-,18-,20+/m0/s1. The maximum absolute atomic E-state index is 13.2. The summed E-state index contributed by atoms with van der Waals surface area (Å²) in [6.45, 7) is 1.95. The molecule has 0 radical (unpaired) electrons. The van der Waals surface area contributed by atoms with Crippen molar-refractivity contribution in [2.75, 3.05) is 25.4 Å². The number of amides is 1. The summed E-state index contributed by atoms with van der Waals surface area (Å²) in [5, 5.41) is 14.5. The molecular weight excluding hydrogens is 448 g/mol. The Hall–Kier alpha value is -2.36. The molecule has 0 aliphatic carbocycles. The molecule has 1 aliphatic heterocycles. The number of hydrogen-bond acceptors (Lipinski definition) is 7. The zero-order valence-electron chi connectivity index (χ0n) is 17.9. The van der Waals surface area contributed by atoms with Gasteiger partial charge in [-0.1, -0.05) is 36.4 Å². The number of carbonyl (C=O) groups is 3. The second-order valence-corrected chi connectivity index (χ2v) is 9.71. The van der Waals surface area contributed by atoms with Crippen LogP contribution in [0.2, 0.25) is 0 Å². The lowest BCUT2D eigenvalue weighted by atomic mass is 10.0. The summed E-state index contributed by atoms with van der Waals surface area (Å²) in [5.41, 5.74) is 1.09. The topological polar surface area (TPSA) is 95.9 Å². The molecule has 3 atom stereocenters. The van der Waals surface area contributed by atoms with Crippen molar-refractivity contribution in [3.8, 4) is 0 Å². The van der Waals surface area contributed by atoms with Crippen LogP contribution in [0.1, 0.15) is 29.0 Å². The van der Waals surface area contributed by atoms with Crippen molar-refractivity contribution in [3.63, 3.8) is 0 Å². The van der Waals surface area contributed by atoms with E-state index >= 15 is 0 Å². The van der Waals surface area contributed by atoms with Crippen molar-refractivity contribution in [3.05, 3.63) is 58.3 Å². The van der Waals surface area contributed by atoms with E-state index in [1.165, 1.54) is 4.90 Å². The number of carboxylic acid groups (broad SMARTS) is 1. The Kier molecular flexibility index (Phi) is 9.13. The van der Waals surface area contributed by atoms with Crippen molar-refractivity contribution in [2.24, 2.45) is 0 Å². The van der Waals surface area contributed by atoms with Crippen LogP contribution in [0.25, 0.3) is 0 Å². The van der Waals surface area contributed by atoms with Gasteiger partial charge in [0.25, 0.3) is 0 Å². The molecule has 32 heavy (non-hydrogen) atoms. The summed E-state index contributed by atoms with van der Waals surface area (Å²) in [6, 6.07) is 12.4. The zero-order valence-corrected chi connectivity index (χ0v) is 19.6. The molecule has 2 N–H and O–H groups in total. The van der Waals surface area contributed by atoms with E-state index in [9.17, 15) is 19.5 Å². The summed E-state index contributed by atoms with van der Waals surface area (Å²) in [5.74, 6) is -1.31. The SMILES string of the molecule is CCOC(=O)[C@H](CCc1ccccc1)N[C@H]1CS[C@@H](c2cccs2)CN(CC(=O)O)C1=O. The van der Waals surface area contributed by atoms with Crippen LogP contribution >= 0.6 is 23.1 Å². The molecule has 7 nitrogen and oxygen atoms in total. The lowest BCUT2D eigenvalue weighted by Gasteiger charge is -2.26. The van der Waals surface area contributed by atoms with Gasteiger partial charge in [0.2, 0.25) is 5.91 Å². The molecule has 2 heterocycles. The van der Waals surface area contributed by atoms with Crippen molar-refractivity contribution in [2.45, 2.75) is 37.1 Å². The third-order valence-electron chi connectivity index (χ3n) is 5.18. The van der Waals surface area contributed by atoms with Crippen molar-refractivity contribution in [1.82, 2.24) is 10.2 Å². The predicted octanol–water partition coefficient (Wildman–Crippen LogP) is 2.97. The van der Waals surface area contributed by atoms with Gasteiger partial charge in [0.05, 0.1) is 17.9 Å². The molecule has 1 fully saturated rings. The number of esters is 1.